The van der Waals surface area contributed by atoms with Gasteiger partial charge in [-0.05, 0) is 61.8 Å². The molecule has 0 aliphatic carbocycles. The smallest absolute Gasteiger partial charge is 0.120 e. The van der Waals surface area contributed by atoms with Crippen LogP contribution in [0.25, 0.3) is 0 Å². The maximum absolute atomic E-state index is 10.4. The summed E-state index contributed by atoms with van der Waals surface area (Å²) in [5.74, 6) is 3.54. The molecule has 1 aromatic carbocycles. The Balaban J connectivity index is 2.06. The number of hydrogen-bond acceptors (Lipinski definition) is 3. The molecule has 1 aliphatic heterocycles. The van der Waals surface area contributed by atoms with E-state index in [1.54, 1.807) is 0 Å². The fourth-order valence-electron chi connectivity index (χ4n) is 2.33. The largest absolute Gasteiger partial charge is 0.491 e. The van der Waals surface area contributed by atoms with Crippen LogP contribution in [-0.2, 0) is 0 Å². The Labute approximate surface area is 114 Å². The summed E-state index contributed by atoms with van der Waals surface area (Å²) in [6.07, 6.45) is 2.16. The van der Waals surface area contributed by atoms with Crippen molar-refractivity contribution in [1.29, 1.82) is 0 Å². The molecule has 0 saturated carbocycles. The predicted molar refractivity (Wildman–Crippen MR) is 77.2 cm³/mol. The predicted octanol–water partition coefficient (Wildman–Crippen LogP) is 3.65. The van der Waals surface area contributed by atoms with E-state index in [0.717, 1.165) is 23.5 Å². The van der Waals surface area contributed by atoms with Crippen molar-refractivity contribution in [3.8, 4) is 5.75 Å². The van der Waals surface area contributed by atoms with E-state index in [-0.39, 0.29) is 12.2 Å². The van der Waals surface area contributed by atoms with Crippen molar-refractivity contribution in [2.45, 2.75) is 38.9 Å². The molecule has 2 atom stereocenters. The first-order valence-electron chi connectivity index (χ1n) is 6.69. The first kappa shape index (κ1) is 13.8. The lowest BCUT2D eigenvalue weighted by atomic mass is 9.93. The van der Waals surface area contributed by atoms with E-state index in [2.05, 4.69) is 0 Å². The lowest BCUT2D eigenvalue weighted by molar-refractivity contribution is 0.113. The summed E-state index contributed by atoms with van der Waals surface area (Å²) >= 11 is 1.95. The minimum atomic E-state index is -0.353. The molecule has 1 N–H and O–H groups in total. The molecule has 0 radical (unpaired) electrons. The third-order valence-corrected chi connectivity index (χ3v) is 4.45. The van der Waals surface area contributed by atoms with Crippen molar-refractivity contribution >= 4 is 11.8 Å². The maximum Gasteiger partial charge on any atom is 0.120 e. The lowest BCUT2D eigenvalue weighted by Gasteiger charge is -2.26. The molecule has 0 spiro atoms. The minimum absolute atomic E-state index is 0.169. The minimum Gasteiger partial charge on any atom is -0.491 e. The average Bonchev–Trinajstić information content (AvgIpc) is 2.38. The third-order valence-electron chi connectivity index (χ3n) is 3.21. The number of thioether (sulfide) groups is 1. The molecular weight excluding hydrogens is 244 g/mol. The second kappa shape index (κ2) is 6.48. The molecule has 18 heavy (non-hydrogen) atoms. The van der Waals surface area contributed by atoms with E-state index in [1.807, 2.05) is 49.9 Å². The summed E-state index contributed by atoms with van der Waals surface area (Å²) in [4.78, 5) is 0. The standard InChI is InChI=1S/C15H22O2S/c1-11(2)17-14-7-3-5-12(9-14)15(16)13-6-4-8-18-10-13/h3,5,7,9,11,13,15-16H,4,6,8,10H2,1-2H3. The van der Waals surface area contributed by atoms with Crippen LogP contribution in [0.15, 0.2) is 24.3 Å². The molecule has 1 aromatic rings. The number of rotatable bonds is 4. The zero-order valence-electron chi connectivity index (χ0n) is 11.1. The van der Waals surface area contributed by atoms with Gasteiger partial charge >= 0.3 is 0 Å². The molecule has 0 bridgehead atoms. The van der Waals surface area contributed by atoms with E-state index in [4.69, 9.17) is 4.74 Å². The van der Waals surface area contributed by atoms with Gasteiger partial charge < -0.3 is 9.84 Å². The van der Waals surface area contributed by atoms with Gasteiger partial charge in [-0.3, -0.25) is 0 Å². The zero-order chi connectivity index (χ0) is 13.0. The summed E-state index contributed by atoms with van der Waals surface area (Å²) in [7, 11) is 0. The average molecular weight is 266 g/mol. The highest BCUT2D eigenvalue weighted by Gasteiger charge is 2.23. The molecule has 2 nitrogen and oxygen atoms in total. The van der Waals surface area contributed by atoms with Gasteiger partial charge in [-0.25, -0.2) is 0 Å². The van der Waals surface area contributed by atoms with Crippen LogP contribution in [0.4, 0.5) is 0 Å². The van der Waals surface area contributed by atoms with Gasteiger partial charge in [-0.2, -0.15) is 11.8 Å². The van der Waals surface area contributed by atoms with Gasteiger partial charge in [0.05, 0.1) is 12.2 Å². The maximum atomic E-state index is 10.4. The van der Waals surface area contributed by atoms with Crippen LogP contribution in [0.1, 0.15) is 38.4 Å². The molecule has 0 amide bonds. The van der Waals surface area contributed by atoms with Crippen LogP contribution in [-0.4, -0.2) is 22.7 Å². The molecule has 3 heteroatoms. The van der Waals surface area contributed by atoms with Crippen molar-refractivity contribution < 1.29 is 9.84 Å². The highest BCUT2D eigenvalue weighted by atomic mass is 32.2. The summed E-state index contributed by atoms with van der Waals surface area (Å²) in [6.45, 7) is 4.03. The van der Waals surface area contributed by atoms with E-state index >= 15 is 0 Å². The third kappa shape index (κ3) is 3.66. The Morgan fingerprint density at radius 2 is 2.22 bits per heavy atom. The molecule has 1 heterocycles. The number of hydrogen-bond donors (Lipinski definition) is 1. The van der Waals surface area contributed by atoms with Gasteiger partial charge in [0.15, 0.2) is 0 Å². The summed E-state index contributed by atoms with van der Waals surface area (Å²) in [5.41, 5.74) is 0.987. The molecule has 1 aliphatic rings. The Morgan fingerprint density at radius 3 is 2.89 bits per heavy atom. The number of aliphatic hydroxyl groups is 1. The zero-order valence-corrected chi connectivity index (χ0v) is 12.0. The number of ether oxygens (including phenoxy) is 1. The van der Waals surface area contributed by atoms with Gasteiger partial charge in [0.1, 0.15) is 5.75 Å². The van der Waals surface area contributed by atoms with E-state index in [9.17, 15) is 5.11 Å². The first-order valence-corrected chi connectivity index (χ1v) is 7.84. The van der Waals surface area contributed by atoms with Crippen molar-refractivity contribution in [2.75, 3.05) is 11.5 Å². The van der Waals surface area contributed by atoms with Crippen molar-refractivity contribution in [1.82, 2.24) is 0 Å². The van der Waals surface area contributed by atoms with Crippen LogP contribution in [0.3, 0.4) is 0 Å². The molecule has 100 valence electrons. The SMILES string of the molecule is CC(C)Oc1cccc(C(O)C2CCCSC2)c1. The van der Waals surface area contributed by atoms with Gasteiger partial charge in [0, 0.05) is 0 Å². The van der Waals surface area contributed by atoms with Crippen molar-refractivity contribution in [3.63, 3.8) is 0 Å². The summed E-state index contributed by atoms with van der Waals surface area (Å²) < 4.78 is 5.68. The van der Waals surface area contributed by atoms with E-state index in [0.29, 0.717) is 5.92 Å². The Hall–Kier alpha value is -0.670. The van der Waals surface area contributed by atoms with Gasteiger partial charge in [-0.1, -0.05) is 12.1 Å². The van der Waals surface area contributed by atoms with Crippen LogP contribution >= 0.6 is 11.8 Å². The van der Waals surface area contributed by atoms with Crippen LogP contribution < -0.4 is 4.74 Å². The van der Waals surface area contributed by atoms with E-state index < -0.39 is 0 Å². The molecule has 0 aromatic heterocycles. The van der Waals surface area contributed by atoms with Gasteiger partial charge in [0.2, 0.25) is 0 Å². The van der Waals surface area contributed by atoms with Crippen molar-refractivity contribution in [2.24, 2.45) is 5.92 Å². The Kier molecular flexibility index (Phi) is 4.95. The highest BCUT2D eigenvalue weighted by molar-refractivity contribution is 7.99. The number of benzene rings is 1. The second-order valence-corrected chi connectivity index (χ2v) is 6.31. The van der Waals surface area contributed by atoms with Gasteiger partial charge in [-0.15, -0.1) is 0 Å². The van der Waals surface area contributed by atoms with Crippen LogP contribution in [0.5, 0.6) is 5.75 Å². The Bertz CT molecular complexity index is 373. The van der Waals surface area contributed by atoms with Crippen LogP contribution in [0.2, 0.25) is 0 Å². The van der Waals surface area contributed by atoms with Gasteiger partial charge in [0.25, 0.3) is 0 Å². The van der Waals surface area contributed by atoms with E-state index in [1.165, 1.54) is 12.2 Å². The fourth-order valence-corrected chi connectivity index (χ4v) is 3.52. The summed E-state index contributed by atoms with van der Waals surface area (Å²) in [5, 5.41) is 10.4. The fraction of sp³-hybridized carbons (Fsp3) is 0.600. The second-order valence-electron chi connectivity index (χ2n) is 5.16. The molecule has 2 unspecified atom stereocenters. The summed E-state index contributed by atoms with van der Waals surface area (Å²) in [6, 6.07) is 7.89. The lowest BCUT2D eigenvalue weighted by Crippen LogP contribution is -2.19. The first-order chi connectivity index (χ1) is 8.66. The molecule has 2 rings (SSSR count). The van der Waals surface area contributed by atoms with Crippen molar-refractivity contribution in [3.05, 3.63) is 29.8 Å². The molecule has 1 saturated heterocycles. The normalized spacial score (nSPS) is 21.9. The highest BCUT2D eigenvalue weighted by Crippen LogP contribution is 2.34. The Morgan fingerprint density at radius 1 is 1.39 bits per heavy atom. The topological polar surface area (TPSA) is 29.5 Å². The van der Waals surface area contributed by atoms with Crippen LogP contribution in [0, 0.1) is 5.92 Å². The monoisotopic (exact) mass is 266 g/mol. The number of aliphatic hydroxyl groups excluding tert-OH is 1. The quantitative estimate of drug-likeness (QED) is 0.902. The molecular formula is C15H22O2S. The molecule has 1 fully saturated rings.